The molecule has 0 aromatic carbocycles. The van der Waals surface area contributed by atoms with Gasteiger partial charge in [0.25, 0.3) is 0 Å². The fourth-order valence-corrected chi connectivity index (χ4v) is 2.27. The summed E-state index contributed by atoms with van der Waals surface area (Å²) < 4.78 is 37.9. The minimum absolute atomic E-state index is 0.153. The van der Waals surface area contributed by atoms with Crippen LogP contribution in [0.15, 0.2) is 0 Å². The molecule has 0 radical (unpaired) electrons. The van der Waals surface area contributed by atoms with Crippen molar-refractivity contribution in [2.75, 3.05) is 0 Å². The van der Waals surface area contributed by atoms with E-state index in [0.717, 1.165) is 12.8 Å². The first-order chi connectivity index (χ1) is 6.95. The molecule has 2 saturated carbocycles. The number of aliphatic hydroxyl groups is 1. The lowest BCUT2D eigenvalue weighted by Crippen LogP contribution is -2.54. The van der Waals surface area contributed by atoms with Crippen LogP contribution in [0.3, 0.4) is 0 Å². The zero-order valence-electron chi connectivity index (χ0n) is 8.48. The van der Waals surface area contributed by atoms with Gasteiger partial charge in [-0.15, -0.1) is 0 Å². The second kappa shape index (κ2) is 3.63. The minimum Gasteiger partial charge on any atom is -0.392 e. The molecule has 0 aromatic heterocycles. The van der Waals surface area contributed by atoms with E-state index in [1.807, 2.05) is 0 Å². The first-order valence-corrected chi connectivity index (χ1v) is 5.47. The molecular weight excluding hydrogens is 207 g/mol. The molecule has 2 nitrogen and oxygen atoms in total. The number of hydrogen-bond donors (Lipinski definition) is 2. The number of hydrogen-bond acceptors (Lipinski definition) is 2. The standard InChI is InChI=1S/C10H16F3NO/c11-10(12,13)9(5-6-9)14-7-3-1-2-4-8(7)15/h7-8,14-15H,1-6H2/t7-,8-/m1/s1. The van der Waals surface area contributed by atoms with Gasteiger partial charge >= 0.3 is 6.18 Å². The van der Waals surface area contributed by atoms with Gasteiger partial charge in [0, 0.05) is 6.04 Å². The minimum atomic E-state index is -4.18. The van der Waals surface area contributed by atoms with Crippen molar-refractivity contribution in [1.29, 1.82) is 0 Å². The van der Waals surface area contributed by atoms with Gasteiger partial charge in [-0.1, -0.05) is 12.8 Å². The summed E-state index contributed by atoms with van der Waals surface area (Å²) in [6.45, 7) is 0. The fraction of sp³-hybridized carbons (Fsp3) is 1.00. The van der Waals surface area contributed by atoms with Crippen LogP contribution in [0, 0.1) is 0 Å². The van der Waals surface area contributed by atoms with E-state index in [4.69, 9.17) is 0 Å². The predicted octanol–water partition coefficient (Wildman–Crippen LogP) is 1.97. The van der Waals surface area contributed by atoms with Gasteiger partial charge in [-0.05, 0) is 25.7 Å². The van der Waals surface area contributed by atoms with Crippen LogP contribution in [0.1, 0.15) is 38.5 Å². The van der Waals surface area contributed by atoms with Crippen LogP contribution in [0.4, 0.5) is 13.2 Å². The summed E-state index contributed by atoms with van der Waals surface area (Å²) in [5.41, 5.74) is -1.68. The number of alkyl halides is 3. The molecule has 88 valence electrons. The molecule has 2 fully saturated rings. The average Bonchev–Trinajstić information content (AvgIpc) is 2.89. The molecule has 0 heterocycles. The van der Waals surface area contributed by atoms with Gasteiger partial charge in [0.1, 0.15) is 5.54 Å². The Labute approximate surface area is 86.9 Å². The van der Waals surface area contributed by atoms with Gasteiger partial charge in [0.05, 0.1) is 6.10 Å². The van der Waals surface area contributed by atoms with Crippen molar-refractivity contribution in [3.05, 3.63) is 0 Å². The van der Waals surface area contributed by atoms with Crippen LogP contribution >= 0.6 is 0 Å². The molecular formula is C10H16F3NO. The maximum Gasteiger partial charge on any atom is 0.406 e. The maximum absolute atomic E-state index is 12.6. The third kappa shape index (κ3) is 2.13. The van der Waals surface area contributed by atoms with Gasteiger partial charge in [-0.25, -0.2) is 0 Å². The van der Waals surface area contributed by atoms with Crippen molar-refractivity contribution < 1.29 is 18.3 Å². The van der Waals surface area contributed by atoms with E-state index in [1.54, 1.807) is 0 Å². The van der Waals surface area contributed by atoms with E-state index >= 15 is 0 Å². The molecule has 2 rings (SSSR count). The molecule has 2 atom stereocenters. The van der Waals surface area contributed by atoms with E-state index in [-0.39, 0.29) is 18.9 Å². The second-order valence-electron chi connectivity index (χ2n) is 4.68. The zero-order chi connectivity index (χ0) is 11.1. The van der Waals surface area contributed by atoms with Crippen molar-refractivity contribution in [1.82, 2.24) is 5.32 Å². The Kier molecular flexibility index (Phi) is 2.71. The first-order valence-electron chi connectivity index (χ1n) is 5.47. The van der Waals surface area contributed by atoms with E-state index in [2.05, 4.69) is 5.32 Å². The molecule has 0 aromatic rings. The van der Waals surface area contributed by atoms with Gasteiger partial charge < -0.3 is 5.11 Å². The SMILES string of the molecule is O[C@@H]1CCCC[C@H]1NC1(C(F)(F)F)CC1. The van der Waals surface area contributed by atoms with E-state index in [9.17, 15) is 18.3 Å². The summed E-state index contributed by atoms with van der Waals surface area (Å²) in [7, 11) is 0. The van der Waals surface area contributed by atoms with E-state index in [1.165, 1.54) is 0 Å². The highest BCUT2D eigenvalue weighted by molar-refractivity contribution is 5.10. The molecule has 0 spiro atoms. The predicted molar refractivity (Wildman–Crippen MR) is 49.4 cm³/mol. The topological polar surface area (TPSA) is 32.3 Å². The Bertz CT molecular complexity index is 237. The van der Waals surface area contributed by atoms with Crippen molar-refractivity contribution in [3.8, 4) is 0 Å². The monoisotopic (exact) mass is 223 g/mol. The van der Waals surface area contributed by atoms with Crippen LogP contribution < -0.4 is 5.32 Å². The smallest absolute Gasteiger partial charge is 0.392 e. The molecule has 5 heteroatoms. The van der Waals surface area contributed by atoms with Gasteiger partial charge in [0.2, 0.25) is 0 Å². The van der Waals surface area contributed by atoms with Gasteiger partial charge in [-0.2, -0.15) is 13.2 Å². The number of nitrogens with one attached hydrogen (secondary N) is 1. The van der Waals surface area contributed by atoms with Gasteiger partial charge in [0.15, 0.2) is 0 Å². The van der Waals surface area contributed by atoms with Crippen LogP contribution in [0.25, 0.3) is 0 Å². The molecule has 2 aliphatic carbocycles. The third-order valence-corrected chi connectivity index (χ3v) is 3.48. The molecule has 0 aliphatic heterocycles. The lowest BCUT2D eigenvalue weighted by atomic mass is 9.91. The van der Waals surface area contributed by atoms with Crippen molar-refractivity contribution in [3.63, 3.8) is 0 Å². The zero-order valence-corrected chi connectivity index (χ0v) is 8.48. The Hall–Kier alpha value is -0.290. The molecule has 2 N–H and O–H groups in total. The van der Waals surface area contributed by atoms with Crippen molar-refractivity contribution >= 4 is 0 Å². The summed E-state index contributed by atoms with van der Waals surface area (Å²) in [6.07, 6.45) is -1.39. The first kappa shape index (κ1) is 11.2. The molecule has 0 saturated heterocycles. The number of aliphatic hydroxyl groups excluding tert-OH is 1. The van der Waals surface area contributed by atoms with Crippen LogP contribution in [0.5, 0.6) is 0 Å². The highest BCUT2D eigenvalue weighted by Crippen LogP contribution is 2.49. The summed E-state index contributed by atoms with van der Waals surface area (Å²) in [4.78, 5) is 0. The molecule has 0 bridgehead atoms. The average molecular weight is 223 g/mol. The number of halogens is 3. The number of rotatable bonds is 2. The van der Waals surface area contributed by atoms with Crippen LogP contribution in [-0.4, -0.2) is 29.0 Å². The van der Waals surface area contributed by atoms with Crippen molar-refractivity contribution in [2.24, 2.45) is 0 Å². The molecule has 15 heavy (non-hydrogen) atoms. The van der Waals surface area contributed by atoms with Crippen LogP contribution in [-0.2, 0) is 0 Å². The quantitative estimate of drug-likeness (QED) is 0.750. The van der Waals surface area contributed by atoms with E-state index in [0.29, 0.717) is 12.8 Å². The maximum atomic E-state index is 12.6. The Balaban J connectivity index is 1.96. The van der Waals surface area contributed by atoms with E-state index < -0.39 is 17.8 Å². The van der Waals surface area contributed by atoms with Crippen molar-refractivity contribution in [2.45, 2.75) is 62.4 Å². The Morgan fingerprint density at radius 3 is 2.20 bits per heavy atom. The molecule has 0 amide bonds. The Morgan fingerprint density at radius 1 is 1.13 bits per heavy atom. The second-order valence-corrected chi connectivity index (χ2v) is 4.68. The highest BCUT2D eigenvalue weighted by atomic mass is 19.4. The molecule has 2 aliphatic rings. The summed E-state index contributed by atoms with van der Waals surface area (Å²) in [5, 5.41) is 12.2. The summed E-state index contributed by atoms with van der Waals surface area (Å²) in [6, 6.07) is -0.372. The lowest BCUT2D eigenvalue weighted by molar-refractivity contribution is -0.170. The van der Waals surface area contributed by atoms with Crippen LogP contribution in [0.2, 0.25) is 0 Å². The Morgan fingerprint density at radius 2 is 1.73 bits per heavy atom. The fourth-order valence-electron chi connectivity index (χ4n) is 2.27. The highest BCUT2D eigenvalue weighted by Gasteiger charge is 2.64. The summed E-state index contributed by atoms with van der Waals surface area (Å²) >= 11 is 0. The lowest BCUT2D eigenvalue weighted by Gasteiger charge is -2.33. The third-order valence-electron chi connectivity index (χ3n) is 3.48. The molecule has 0 unspecified atom stereocenters. The van der Waals surface area contributed by atoms with Gasteiger partial charge in [-0.3, -0.25) is 5.32 Å². The summed E-state index contributed by atoms with van der Waals surface area (Å²) in [5.74, 6) is 0. The normalized spacial score (nSPS) is 35.2. The largest absolute Gasteiger partial charge is 0.406 e.